The first kappa shape index (κ1) is 11.9. The van der Waals surface area contributed by atoms with E-state index >= 15 is 0 Å². The van der Waals surface area contributed by atoms with E-state index < -0.39 is 5.97 Å². The molecule has 0 atom stereocenters. The molecule has 0 N–H and O–H groups in total. The van der Waals surface area contributed by atoms with E-state index in [-0.39, 0.29) is 18.8 Å². The maximum Gasteiger partial charge on any atom is 0.338 e. The van der Waals surface area contributed by atoms with Gasteiger partial charge in [-0.3, -0.25) is 4.79 Å². The van der Waals surface area contributed by atoms with Crippen molar-refractivity contribution in [3.8, 4) is 0 Å². The standard InChI is InChI=1S/C11H11BrO3/c1-8(13)6-7-15-11(14)9-2-4-10(12)5-3-9/h2-5H,6-7H2,1H3. The Labute approximate surface area is 96.6 Å². The number of carbonyl (C=O) groups is 2. The van der Waals surface area contributed by atoms with E-state index in [1.54, 1.807) is 24.3 Å². The van der Waals surface area contributed by atoms with Crippen LogP contribution in [0.2, 0.25) is 0 Å². The topological polar surface area (TPSA) is 43.4 Å². The highest BCUT2D eigenvalue weighted by molar-refractivity contribution is 9.10. The van der Waals surface area contributed by atoms with Crippen molar-refractivity contribution in [2.75, 3.05) is 6.61 Å². The van der Waals surface area contributed by atoms with Gasteiger partial charge in [0.15, 0.2) is 0 Å². The van der Waals surface area contributed by atoms with Gasteiger partial charge in [-0.15, -0.1) is 0 Å². The lowest BCUT2D eigenvalue weighted by atomic mass is 10.2. The number of halogens is 1. The van der Waals surface area contributed by atoms with Crippen molar-refractivity contribution in [1.29, 1.82) is 0 Å². The van der Waals surface area contributed by atoms with E-state index in [0.717, 1.165) is 4.47 Å². The van der Waals surface area contributed by atoms with Crippen LogP contribution in [-0.4, -0.2) is 18.4 Å². The third-order valence-corrected chi connectivity index (χ3v) is 2.30. The van der Waals surface area contributed by atoms with Crippen LogP contribution in [0.25, 0.3) is 0 Å². The number of esters is 1. The second kappa shape index (κ2) is 5.66. The maximum absolute atomic E-state index is 11.4. The fraction of sp³-hybridized carbons (Fsp3) is 0.273. The van der Waals surface area contributed by atoms with Crippen LogP contribution in [0.3, 0.4) is 0 Å². The average molecular weight is 271 g/mol. The van der Waals surface area contributed by atoms with Crippen LogP contribution in [0.4, 0.5) is 0 Å². The minimum Gasteiger partial charge on any atom is -0.462 e. The monoisotopic (exact) mass is 270 g/mol. The van der Waals surface area contributed by atoms with Crippen LogP contribution in [0.5, 0.6) is 0 Å². The van der Waals surface area contributed by atoms with Crippen molar-refractivity contribution in [3.05, 3.63) is 34.3 Å². The fourth-order valence-electron chi connectivity index (χ4n) is 0.957. The van der Waals surface area contributed by atoms with Crippen molar-refractivity contribution in [2.45, 2.75) is 13.3 Å². The molecular weight excluding hydrogens is 260 g/mol. The van der Waals surface area contributed by atoms with Gasteiger partial charge in [-0.1, -0.05) is 15.9 Å². The van der Waals surface area contributed by atoms with Crippen molar-refractivity contribution >= 4 is 27.7 Å². The highest BCUT2D eigenvalue weighted by Crippen LogP contribution is 2.11. The number of rotatable bonds is 4. The van der Waals surface area contributed by atoms with Crippen LogP contribution >= 0.6 is 15.9 Å². The Morgan fingerprint density at radius 1 is 1.27 bits per heavy atom. The fourth-order valence-corrected chi connectivity index (χ4v) is 1.22. The largest absolute Gasteiger partial charge is 0.462 e. The lowest BCUT2D eigenvalue weighted by Crippen LogP contribution is -2.08. The highest BCUT2D eigenvalue weighted by atomic mass is 79.9. The molecule has 0 aromatic heterocycles. The molecule has 1 aromatic rings. The van der Waals surface area contributed by atoms with E-state index in [2.05, 4.69) is 15.9 Å². The Morgan fingerprint density at radius 2 is 1.87 bits per heavy atom. The van der Waals surface area contributed by atoms with Crippen LogP contribution in [0, 0.1) is 0 Å². The SMILES string of the molecule is CC(=O)CCOC(=O)c1ccc(Br)cc1. The summed E-state index contributed by atoms with van der Waals surface area (Å²) in [6, 6.07) is 6.86. The molecule has 0 aliphatic rings. The molecule has 0 bridgehead atoms. The molecule has 0 saturated carbocycles. The van der Waals surface area contributed by atoms with Gasteiger partial charge >= 0.3 is 5.97 Å². The number of ether oxygens (including phenoxy) is 1. The van der Waals surface area contributed by atoms with E-state index in [1.165, 1.54) is 6.92 Å². The summed E-state index contributed by atoms with van der Waals surface area (Å²) in [5, 5.41) is 0. The molecule has 80 valence electrons. The lowest BCUT2D eigenvalue weighted by molar-refractivity contribution is -0.117. The summed E-state index contributed by atoms with van der Waals surface area (Å²) in [6.07, 6.45) is 0.266. The minimum atomic E-state index is -0.399. The highest BCUT2D eigenvalue weighted by Gasteiger charge is 2.06. The molecule has 0 amide bonds. The molecule has 0 unspecified atom stereocenters. The van der Waals surface area contributed by atoms with Crippen molar-refractivity contribution < 1.29 is 14.3 Å². The Kier molecular flexibility index (Phi) is 4.49. The van der Waals surface area contributed by atoms with Gasteiger partial charge in [0.1, 0.15) is 5.78 Å². The Balaban J connectivity index is 2.47. The number of benzene rings is 1. The summed E-state index contributed by atoms with van der Waals surface area (Å²) in [5.41, 5.74) is 0.488. The maximum atomic E-state index is 11.4. The molecular formula is C11H11BrO3. The van der Waals surface area contributed by atoms with E-state index in [1.807, 2.05) is 0 Å². The zero-order valence-electron chi connectivity index (χ0n) is 8.33. The minimum absolute atomic E-state index is 0.0126. The molecule has 0 aliphatic carbocycles. The van der Waals surface area contributed by atoms with Crippen molar-refractivity contribution in [1.82, 2.24) is 0 Å². The van der Waals surface area contributed by atoms with Crippen LogP contribution in [0.1, 0.15) is 23.7 Å². The van der Waals surface area contributed by atoms with Gasteiger partial charge in [0.05, 0.1) is 12.2 Å². The van der Waals surface area contributed by atoms with Gasteiger partial charge in [-0.25, -0.2) is 4.79 Å². The van der Waals surface area contributed by atoms with Gasteiger partial charge in [-0.05, 0) is 31.2 Å². The quantitative estimate of drug-likeness (QED) is 0.790. The normalized spacial score (nSPS) is 9.73. The number of ketones is 1. The summed E-state index contributed by atoms with van der Waals surface area (Å²) in [4.78, 5) is 22.0. The lowest BCUT2D eigenvalue weighted by Gasteiger charge is -2.03. The summed E-state index contributed by atoms with van der Waals surface area (Å²) in [7, 11) is 0. The number of hydrogen-bond acceptors (Lipinski definition) is 3. The van der Waals surface area contributed by atoms with Crippen LogP contribution < -0.4 is 0 Å². The van der Waals surface area contributed by atoms with Gasteiger partial charge in [-0.2, -0.15) is 0 Å². The molecule has 15 heavy (non-hydrogen) atoms. The number of Topliss-reactive ketones (excluding diaryl/α,β-unsaturated/α-hetero) is 1. The third kappa shape index (κ3) is 4.25. The summed E-state index contributed by atoms with van der Waals surface area (Å²) < 4.78 is 5.81. The molecule has 3 nitrogen and oxygen atoms in total. The second-order valence-corrected chi connectivity index (χ2v) is 4.01. The van der Waals surface area contributed by atoms with Gasteiger partial charge < -0.3 is 4.74 Å². The third-order valence-electron chi connectivity index (χ3n) is 1.77. The number of carbonyl (C=O) groups excluding carboxylic acids is 2. The Morgan fingerprint density at radius 3 is 2.40 bits per heavy atom. The molecule has 0 heterocycles. The van der Waals surface area contributed by atoms with Gasteiger partial charge in [0.25, 0.3) is 0 Å². The van der Waals surface area contributed by atoms with Gasteiger partial charge in [0.2, 0.25) is 0 Å². The zero-order chi connectivity index (χ0) is 11.3. The summed E-state index contributed by atoms with van der Waals surface area (Å²) >= 11 is 3.27. The molecule has 1 rings (SSSR count). The molecule has 0 spiro atoms. The number of hydrogen-bond donors (Lipinski definition) is 0. The van der Waals surface area contributed by atoms with Gasteiger partial charge in [0, 0.05) is 10.9 Å². The molecule has 4 heteroatoms. The second-order valence-electron chi connectivity index (χ2n) is 3.09. The Bertz CT molecular complexity index is 357. The predicted molar refractivity (Wildman–Crippen MR) is 59.7 cm³/mol. The van der Waals surface area contributed by atoms with E-state index in [9.17, 15) is 9.59 Å². The predicted octanol–water partition coefficient (Wildman–Crippen LogP) is 2.59. The summed E-state index contributed by atoms with van der Waals surface area (Å²) in [5.74, 6) is -0.387. The Hall–Kier alpha value is -1.16. The van der Waals surface area contributed by atoms with Crippen molar-refractivity contribution in [2.24, 2.45) is 0 Å². The first-order valence-corrected chi connectivity index (χ1v) is 5.31. The van der Waals surface area contributed by atoms with Crippen LogP contribution in [0.15, 0.2) is 28.7 Å². The molecule has 0 saturated heterocycles. The average Bonchev–Trinajstić information content (AvgIpc) is 2.18. The van der Waals surface area contributed by atoms with Crippen molar-refractivity contribution in [3.63, 3.8) is 0 Å². The van der Waals surface area contributed by atoms with E-state index in [4.69, 9.17) is 4.74 Å². The van der Waals surface area contributed by atoms with E-state index in [0.29, 0.717) is 5.56 Å². The molecule has 1 aromatic carbocycles. The zero-order valence-corrected chi connectivity index (χ0v) is 9.91. The smallest absolute Gasteiger partial charge is 0.338 e. The molecule has 0 aliphatic heterocycles. The molecule has 0 radical (unpaired) electrons. The first-order chi connectivity index (χ1) is 7.09. The van der Waals surface area contributed by atoms with Crippen LogP contribution in [-0.2, 0) is 9.53 Å². The first-order valence-electron chi connectivity index (χ1n) is 4.51. The summed E-state index contributed by atoms with van der Waals surface area (Å²) in [6.45, 7) is 1.61. The molecule has 0 fully saturated rings.